The topological polar surface area (TPSA) is 43.1 Å². The summed E-state index contributed by atoms with van der Waals surface area (Å²) in [6.45, 7) is 3.44. The van der Waals surface area contributed by atoms with Gasteiger partial charge in [0.2, 0.25) is 0 Å². The highest BCUT2D eigenvalue weighted by Crippen LogP contribution is 2.19. The predicted octanol–water partition coefficient (Wildman–Crippen LogP) is 1.91. The van der Waals surface area contributed by atoms with E-state index in [0.29, 0.717) is 0 Å². The molecule has 0 unspecified atom stereocenters. The lowest BCUT2D eigenvalue weighted by Gasteiger charge is -2.17. The Morgan fingerprint density at radius 1 is 1.31 bits per heavy atom. The van der Waals surface area contributed by atoms with Gasteiger partial charge in [0.15, 0.2) is 0 Å². The molecule has 13 heavy (non-hydrogen) atoms. The molecule has 0 aliphatic carbocycles. The van der Waals surface area contributed by atoms with Crippen molar-refractivity contribution in [3.8, 4) is 0 Å². The smallest absolute Gasteiger partial charge is 0.134 e. The van der Waals surface area contributed by atoms with Gasteiger partial charge in [0, 0.05) is 12.0 Å². The van der Waals surface area contributed by atoms with Crippen LogP contribution in [-0.4, -0.2) is 5.78 Å². The number of Topliss-reactive ketones (excluding diaryl/α,β-unsaturated/α-hetero) is 1. The molecule has 2 atom stereocenters. The number of carbonyl (C=O) groups excluding carboxylic acids is 1. The summed E-state index contributed by atoms with van der Waals surface area (Å²) in [5, 5.41) is 0. The second kappa shape index (κ2) is 4.19. The molecule has 2 nitrogen and oxygen atoms in total. The van der Waals surface area contributed by atoms with Gasteiger partial charge in [-0.05, 0) is 12.5 Å². The van der Waals surface area contributed by atoms with Crippen LogP contribution in [0.5, 0.6) is 0 Å². The molecular formula is C11H15NO. The standard InChI is InChI=1S/C11H15NO/c1-8(9(2)13)11(12)10-6-4-3-5-7-10/h3-8,11H,12H2,1-2H3/t8-,11-/m1/s1. The lowest BCUT2D eigenvalue weighted by Crippen LogP contribution is -2.24. The monoisotopic (exact) mass is 177 g/mol. The Balaban J connectivity index is 2.79. The third-order valence-electron chi connectivity index (χ3n) is 2.36. The summed E-state index contributed by atoms with van der Waals surface area (Å²) in [5.74, 6) is 0.0266. The van der Waals surface area contributed by atoms with E-state index in [1.807, 2.05) is 37.3 Å². The molecule has 0 amide bonds. The average Bonchev–Trinajstić information content (AvgIpc) is 2.17. The van der Waals surface area contributed by atoms with E-state index in [9.17, 15) is 4.79 Å². The number of hydrogen-bond acceptors (Lipinski definition) is 2. The van der Waals surface area contributed by atoms with E-state index >= 15 is 0 Å². The van der Waals surface area contributed by atoms with Crippen LogP contribution in [0, 0.1) is 5.92 Å². The number of carbonyl (C=O) groups is 1. The van der Waals surface area contributed by atoms with E-state index in [0.717, 1.165) is 5.56 Å². The quantitative estimate of drug-likeness (QED) is 0.766. The van der Waals surface area contributed by atoms with Crippen molar-refractivity contribution >= 4 is 5.78 Å². The Morgan fingerprint density at radius 3 is 2.31 bits per heavy atom. The van der Waals surface area contributed by atoms with Gasteiger partial charge in [-0.2, -0.15) is 0 Å². The van der Waals surface area contributed by atoms with Gasteiger partial charge in [-0.1, -0.05) is 37.3 Å². The number of rotatable bonds is 3. The Labute approximate surface area is 78.8 Å². The summed E-state index contributed by atoms with van der Waals surface area (Å²) in [7, 11) is 0. The molecule has 0 saturated carbocycles. The Kier molecular flexibility index (Phi) is 3.20. The molecule has 2 heteroatoms. The molecule has 1 rings (SSSR count). The molecule has 70 valence electrons. The fraction of sp³-hybridized carbons (Fsp3) is 0.364. The molecule has 0 heterocycles. The van der Waals surface area contributed by atoms with E-state index in [-0.39, 0.29) is 17.7 Å². The van der Waals surface area contributed by atoms with Gasteiger partial charge < -0.3 is 5.73 Å². The highest BCUT2D eigenvalue weighted by atomic mass is 16.1. The lowest BCUT2D eigenvalue weighted by atomic mass is 9.93. The van der Waals surface area contributed by atoms with Gasteiger partial charge in [-0.25, -0.2) is 0 Å². The molecule has 0 radical (unpaired) electrons. The minimum Gasteiger partial charge on any atom is -0.323 e. The van der Waals surface area contributed by atoms with Crippen molar-refractivity contribution in [2.75, 3.05) is 0 Å². The molecule has 0 bridgehead atoms. The van der Waals surface area contributed by atoms with E-state index < -0.39 is 0 Å². The van der Waals surface area contributed by atoms with Crippen LogP contribution in [0.15, 0.2) is 30.3 Å². The molecule has 2 N–H and O–H groups in total. The molecule has 1 aromatic carbocycles. The van der Waals surface area contributed by atoms with E-state index in [1.165, 1.54) is 0 Å². The highest BCUT2D eigenvalue weighted by molar-refractivity contribution is 5.78. The summed E-state index contributed by atoms with van der Waals surface area (Å²) in [4.78, 5) is 11.1. The Hall–Kier alpha value is -1.15. The maximum atomic E-state index is 11.1. The minimum absolute atomic E-state index is 0.109. The number of hydrogen-bond donors (Lipinski definition) is 1. The van der Waals surface area contributed by atoms with Crippen LogP contribution in [0.25, 0.3) is 0 Å². The van der Waals surface area contributed by atoms with Crippen molar-refractivity contribution in [2.45, 2.75) is 19.9 Å². The van der Waals surface area contributed by atoms with E-state index in [4.69, 9.17) is 5.73 Å². The maximum Gasteiger partial charge on any atom is 0.134 e. The van der Waals surface area contributed by atoms with Gasteiger partial charge in [-0.15, -0.1) is 0 Å². The number of benzene rings is 1. The molecule has 1 aromatic rings. The fourth-order valence-electron chi connectivity index (χ4n) is 1.22. The van der Waals surface area contributed by atoms with Crippen molar-refractivity contribution in [2.24, 2.45) is 11.7 Å². The van der Waals surface area contributed by atoms with Crippen molar-refractivity contribution in [3.63, 3.8) is 0 Å². The van der Waals surface area contributed by atoms with Crippen LogP contribution in [0.1, 0.15) is 25.5 Å². The van der Waals surface area contributed by atoms with Crippen molar-refractivity contribution in [1.29, 1.82) is 0 Å². The molecule has 0 aliphatic heterocycles. The SMILES string of the molecule is CC(=O)[C@@H](C)[C@@H](N)c1ccccc1. The van der Waals surface area contributed by atoms with Gasteiger partial charge >= 0.3 is 0 Å². The Morgan fingerprint density at radius 2 is 1.85 bits per heavy atom. The predicted molar refractivity (Wildman–Crippen MR) is 53.2 cm³/mol. The van der Waals surface area contributed by atoms with Crippen molar-refractivity contribution in [1.82, 2.24) is 0 Å². The van der Waals surface area contributed by atoms with Gasteiger partial charge in [0.25, 0.3) is 0 Å². The normalized spacial score (nSPS) is 15.0. The van der Waals surface area contributed by atoms with Gasteiger partial charge in [0.1, 0.15) is 5.78 Å². The summed E-state index contributed by atoms with van der Waals surface area (Å²) in [6.07, 6.45) is 0. The van der Waals surface area contributed by atoms with Crippen LogP contribution < -0.4 is 5.73 Å². The van der Waals surface area contributed by atoms with Crippen molar-refractivity contribution in [3.05, 3.63) is 35.9 Å². The lowest BCUT2D eigenvalue weighted by molar-refractivity contribution is -0.120. The highest BCUT2D eigenvalue weighted by Gasteiger charge is 2.17. The average molecular weight is 177 g/mol. The second-order valence-corrected chi connectivity index (χ2v) is 3.34. The van der Waals surface area contributed by atoms with E-state index in [2.05, 4.69) is 0 Å². The zero-order chi connectivity index (χ0) is 9.84. The number of nitrogens with two attached hydrogens (primary N) is 1. The summed E-state index contributed by atoms with van der Waals surface area (Å²) in [6, 6.07) is 9.52. The first kappa shape index (κ1) is 9.93. The largest absolute Gasteiger partial charge is 0.323 e. The maximum absolute atomic E-state index is 11.1. The first-order valence-corrected chi connectivity index (χ1v) is 4.44. The van der Waals surface area contributed by atoms with Gasteiger partial charge in [0.05, 0.1) is 0 Å². The summed E-state index contributed by atoms with van der Waals surface area (Å²) < 4.78 is 0. The molecule has 0 spiro atoms. The van der Waals surface area contributed by atoms with Crippen LogP contribution in [0.2, 0.25) is 0 Å². The Bertz CT molecular complexity index is 281. The first-order chi connectivity index (χ1) is 6.13. The minimum atomic E-state index is -0.182. The molecule has 0 aliphatic rings. The summed E-state index contributed by atoms with van der Waals surface area (Å²) >= 11 is 0. The molecule has 0 saturated heterocycles. The zero-order valence-corrected chi connectivity index (χ0v) is 8.03. The zero-order valence-electron chi connectivity index (χ0n) is 8.03. The number of ketones is 1. The molecule has 0 fully saturated rings. The van der Waals surface area contributed by atoms with Crippen molar-refractivity contribution < 1.29 is 4.79 Å². The molecule has 0 aromatic heterocycles. The fourth-order valence-corrected chi connectivity index (χ4v) is 1.22. The molecular weight excluding hydrogens is 162 g/mol. The van der Waals surface area contributed by atoms with Crippen LogP contribution in [-0.2, 0) is 4.79 Å². The second-order valence-electron chi connectivity index (χ2n) is 3.34. The third-order valence-corrected chi connectivity index (χ3v) is 2.36. The first-order valence-electron chi connectivity index (χ1n) is 4.44. The summed E-state index contributed by atoms with van der Waals surface area (Å²) in [5.41, 5.74) is 6.94. The van der Waals surface area contributed by atoms with Crippen LogP contribution in [0.4, 0.5) is 0 Å². The van der Waals surface area contributed by atoms with Crippen LogP contribution >= 0.6 is 0 Å². The third kappa shape index (κ3) is 2.39. The van der Waals surface area contributed by atoms with Crippen LogP contribution in [0.3, 0.4) is 0 Å². The van der Waals surface area contributed by atoms with E-state index in [1.54, 1.807) is 6.92 Å². The van der Waals surface area contributed by atoms with Gasteiger partial charge in [-0.3, -0.25) is 4.79 Å².